The fraction of sp³-hybridized carbons (Fsp3) is 0.765. The van der Waals surface area contributed by atoms with Crippen LogP contribution in [0.3, 0.4) is 0 Å². The molecule has 1 N–H and O–H groups in total. The van der Waals surface area contributed by atoms with Gasteiger partial charge >= 0.3 is 6.09 Å². The highest BCUT2D eigenvalue weighted by Gasteiger charge is 2.38. The number of H-pyrrole nitrogens is 1. The molecule has 2 aliphatic heterocycles. The van der Waals surface area contributed by atoms with E-state index in [2.05, 4.69) is 11.9 Å². The number of rotatable bonds is 1. The van der Waals surface area contributed by atoms with Crippen molar-refractivity contribution in [1.29, 1.82) is 0 Å². The summed E-state index contributed by atoms with van der Waals surface area (Å²) in [5, 5.41) is 0. The third kappa shape index (κ3) is 3.22. The van der Waals surface area contributed by atoms with Gasteiger partial charge in [-0.2, -0.15) is 0 Å². The molecule has 3 rings (SSSR count). The molecule has 1 saturated heterocycles. The molecule has 23 heavy (non-hydrogen) atoms. The molecule has 0 bridgehead atoms. The van der Waals surface area contributed by atoms with Crippen molar-refractivity contribution in [2.45, 2.75) is 84.3 Å². The molecule has 0 spiro atoms. The molecule has 0 aromatic carbocycles. The molecule has 3 heterocycles. The van der Waals surface area contributed by atoms with Crippen LogP contribution < -0.4 is 0 Å². The van der Waals surface area contributed by atoms with Crippen molar-refractivity contribution in [3.63, 3.8) is 0 Å². The van der Waals surface area contributed by atoms with Gasteiger partial charge < -0.3 is 14.5 Å². The van der Waals surface area contributed by atoms with Crippen LogP contribution in [0.5, 0.6) is 0 Å². The number of fused-ring (bicyclic) bond motifs is 1. The van der Waals surface area contributed by atoms with Crippen LogP contribution in [0, 0.1) is 0 Å². The smallest absolute Gasteiger partial charge is 0.411 e. The highest BCUT2D eigenvalue weighted by molar-refractivity contribution is 5.69. The zero-order valence-electron chi connectivity index (χ0n) is 14.7. The third-order valence-corrected chi connectivity index (χ3v) is 4.52. The summed E-state index contributed by atoms with van der Waals surface area (Å²) in [6.45, 7) is 10.3. The van der Waals surface area contributed by atoms with E-state index in [0.717, 1.165) is 36.5 Å². The molecular formula is C17H27N3O3. The Morgan fingerprint density at radius 2 is 2.09 bits per heavy atom. The molecule has 128 valence electrons. The van der Waals surface area contributed by atoms with Gasteiger partial charge in [-0.25, -0.2) is 9.78 Å². The van der Waals surface area contributed by atoms with Crippen molar-refractivity contribution in [3.8, 4) is 0 Å². The van der Waals surface area contributed by atoms with Gasteiger partial charge in [-0.3, -0.25) is 4.90 Å². The number of likely N-dealkylation sites (tertiary alicyclic amines) is 1. The Morgan fingerprint density at radius 1 is 1.35 bits per heavy atom. The standard InChI is InChI=1S/C17H27N3O3/c1-10-7-6-8-13(20(10)16(21)23-17(3,4)5)15-18-12-9-22-11(2)14(12)19-15/h10-11,13H,6-9H2,1-5H3,(H,18,19). The predicted molar refractivity (Wildman–Crippen MR) is 85.9 cm³/mol. The van der Waals surface area contributed by atoms with E-state index in [-0.39, 0.29) is 24.3 Å². The topological polar surface area (TPSA) is 67.5 Å². The van der Waals surface area contributed by atoms with Crippen LogP contribution in [-0.2, 0) is 16.1 Å². The maximum atomic E-state index is 12.7. The Balaban J connectivity index is 1.86. The number of aromatic amines is 1. The van der Waals surface area contributed by atoms with Crippen molar-refractivity contribution < 1.29 is 14.3 Å². The predicted octanol–water partition coefficient (Wildman–Crippen LogP) is 3.85. The van der Waals surface area contributed by atoms with Crippen LogP contribution in [0.25, 0.3) is 0 Å². The monoisotopic (exact) mass is 321 g/mol. The summed E-state index contributed by atoms with van der Waals surface area (Å²) in [5.74, 6) is 0.863. The number of nitrogens with one attached hydrogen (secondary N) is 1. The molecule has 0 radical (unpaired) electrons. The lowest BCUT2D eigenvalue weighted by molar-refractivity contribution is -0.00467. The number of carbonyl (C=O) groups is 1. The minimum Gasteiger partial charge on any atom is -0.444 e. The third-order valence-electron chi connectivity index (χ3n) is 4.52. The molecule has 1 aromatic rings. The Hall–Kier alpha value is -1.56. The minimum atomic E-state index is -0.494. The summed E-state index contributed by atoms with van der Waals surface area (Å²) < 4.78 is 11.2. The van der Waals surface area contributed by atoms with Gasteiger partial charge in [0.2, 0.25) is 0 Å². The second-order valence-electron chi connectivity index (χ2n) is 7.62. The first-order valence-electron chi connectivity index (χ1n) is 8.48. The molecule has 1 amide bonds. The van der Waals surface area contributed by atoms with Crippen LogP contribution in [0.2, 0.25) is 0 Å². The summed E-state index contributed by atoms with van der Waals surface area (Å²) >= 11 is 0. The van der Waals surface area contributed by atoms with Crippen LogP contribution in [0.4, 0.5) is 4.79 Å². The first-order valence-corrected chi connectivity index (χ1v) is 8.48. The number of ether oxygens (including phenoxy) is 2. The van der Waals surface area contributed by atoms with Gasteiger partial charge in [0.15, 0.2) is 0 Å². The normalized spacial score (nSPS) is 27.9. The fourth-order valence-corrected chi connectivity index (χ4v) is 3.42. The quantitative estimate of drug-likeness (QED) is 0.853. The Bertz CT molecular complexity index is 590. The number of piperidine rings is 1. The van der Waals surface area contributed by atoms with E-state index in [9.17, 15) is 4.79 Å². The summed E-state index contributed by atoms with van der Waals surface area (Å²) in [5.41, 5.74) is 1.52. The zero-order chi connectivity index (χ0) is 16.8. The van der Waals surface area contributed by atoms with Gasteiger partial charge in [0.05, 0.1) is 30.1 Å². The molecule has 6 nitrogen and oxygen atoms in total. The lowest BCUT2D eigenvalue weighted by Crippen LogP contribution is -2.46. The Kier molecular flexibility index (Phi) is 4.12. The number of carbonyl (C=O) groups excluding carboxylic acids is 1. The summed E-state index contributed by atoms with van der Waals surface area (Å²) in [6, 6.07) is 0.101. The summed E-state index contributed by atoms with van der Waals surface area (Å²) in [7, 11) is 0. The molecule has 1 fully saturated rings. The van der Waals surface area contributed by atoms with Crippen LogP contribution in [-0.4, -0.2) is 32.6 Å². The first-order chi connectivity index (χ1) is 10.8. The summed E-state index contributed by atoms with van der Waals surface area (Å²) in [4.78, 5) is 22.6. The molecule has 1 aromatic heterocycles. The number of aromatic nitrogens is 2. The van der Waals surface area contributed by atoms with Crippen LogP contribution >= 0.6 is 0 Å². The number of hydrogen-bond donors (Lipinski definition) is 1. The number of hydrogen-bond acceptors (Lipinski definition) is 4. The van der Waals surface area contributed by atoms with E-state index < -0.39 is 5.60 Å². The Labute approximate surface area is 137 Å². The van der Waals surface area contributed by atoms with Crippen LogP contribution in [0.15, 0.2) is 0 Å². The Morgan fingerprint density at radius 3 is 2.74 bits per heavy atom. The van der Waals surface area contributed by atoms with Gasteiger partial charge in [-0.15, -0.1) is 0 Å². The number of nitrogens with zero attached hydrogens (tertiary/aromatic N) is 2. The maximum absolute atomic E-state index is 12.7. The zero-order valence-corrected chi connectivity index (χ0v) is 14.7. The average Bonchev–Trinajstić information content (AvgIpc) is 2.99. The van der Waals surface area contributed by atoms with Crippen molar-refractivity contribution in [3.05, 3.63) is 17.2 Å². The van der Waals surface area contributed by atoms with E-state index in [1.165, 1.54) is 0 Å². The number of amides is 1. The first kappa shape index (κ1) is 16.3. The van der Waals surface area contributed by atoms with E-state index in [0.29, 0.717) is 6.61 Å². The lowest BCUT2D eigenvalue weighted by atomic mass is 9.96. The second-order valence-corrected chi connectivity index (χ2v) is 7.62. The highest BCUT2D eigenvalue weighted by atomic mass is 16.6. The average molecular weight is 321 g/mol. The van der Waals surface area contributed by atoms with Gasteiger partial charge in [0.25, 0.3) is 0 Å². The van der Waals surface area contributed by atoms with Crippen molar-refractivity contribution in [2.24, 2.45) is 0 Å². The molecule has 2 aliphatic rings. The molecule has 0 saturated carbocycles. The van der Waals surface area contributed by atoms with Crippen molar-refractivity contribution >= 4 is 6.09 Å². The lowest BCUT2D eigenvalue weighted by Gasteiger charge is -2.40. The van der Waals surface area contributed by atoms with E-state index >= 15 is 0 Å². The summed E-state index contributed by atoms with van der Waals surface area (Å²) in [6.07, 6.45) is 2.75. The van der Waals surface area contributed by atoms with Crippen LogP contribution in [0.1, 0.15) is 83.2 Å². The fourth-order valence-electron chi connectivity index (χ4n) is 3.42. The van der Waals surface area contributed by atoms with Gasteiger partial charge in [0, 0.05) is 6.04 Å². The van der Waals surface area contributed by atoms with E-state index in [4.69, 9.17) is 14.5 Å². The molecule has 3 unspecified atom stereocenters. The SMILES string of the molecule is CC1OCc2[nH]c(C3CCCC(C)N3C(=O)OC(C)(C)C)nc21. The molecular weight excluding hydrogens is 294 g/mol. The maximum Gasteiger partial charge on any atom is 0.411 e. The largest absolute Gasteiger partial charge is 0.444 e. The molecule has 6 heteroatoms. The second kappa shape index (κ2) is 5.82. The van der Waals surface area contributed by atoms with E-state index in [1.54, 1.807) is 0 Å². The number of imidazole rings is 1. The van der Waals surface area contributed by atoms with Gasteiger partial charge in [0.1, 0.15) is 11.4 Å². The molecule has 0 aliphatic carbocycles. The highest BCUT2D eigenvalue weighted by Crippen LogP contribution is 2.37. The van der Waals surface area contributed by atoms with Gasteiger partial charge in [-0.05, 0) is 53.9 Å². The molecule has 3 atom stereocenters. The van der Waals surface area contributed by atoms with Gasteiger partial charge in [-0.1, -0.05) is 0 Å². The minimum absolute atomic E-state index is 0.0194. The van der Waals surface area contributed by atoms with E-state index in [1.807, 2.05) is 32.6 Å². The van der Waals surface area contributed by atoms with Crippen molar-refractivity contribution in [1.82, 2.24) is 14.9 Å². The van der Waals surface area contributed by atoms with Crippen molar-refractivity contribution in [2.75, 3.05) is 0 Å².